The van der Waals surface area contributed by atoms with Crippen LogP contribution in [-0.4, -0.2) is 51.9 Å². The van der Waals surface area contributed by atoms with Gasteiger partial charge in [-0.2, -0.15) is 10.2 Å². The Morgan fingerprint density at radius 2 is 1.68 bits per heavy atom. The fraction of sp³-hybridized carbons (Fsp3) is 0.333. The van der Waals surface area contributed by atoms with Crippen molar-refractivity contribution in [2.24, 2.45) is 0 Å². The molecule has 0 aliphatic rings. The number of rotatable bonds is 8. The first-order valence-corrected chi connectivity index (χ1v) is 11.7. The fourth-order valence-corrected chi connectivity index (χ4v) is 3.58. The molecule has 2 atom stereocenters. The van der Waals surface area contributed by atoms with Crippen molar-refractivity contribution in [2.75, 3.05) is 19.0 Å². The molecule has 0 aliphatic heterocycles. The van der Waals surface area contributed by atoms with Gasteiger partial charge in [-0.25, -0.2) is 9.59 Å². The van der Waals surface area contributed by atoms with Crippen LogP contribution >= 0.6 is 0 Å². The molecule has 196 valence electrons. The number of anilines is 1. The zero-order valence-electron chi connectivity index (χ0n) is 21.3. The summed E-state index contributed by atoms with van der Waals surface area (Å²) in [5, 5.41) is 33.9. The highest BCUT2D eigenvalue weighted by atomic mass is 16.6. The maximum atomic E-state index is 12.7. The summed E-state index contributed by atoms with van der Waals surface area (Å²) in [6, 6.07) is 17.5. The highest BCUT2D eigenvalue weighted by molar-refractivity contribution is 5.85. The second-order valence-corrected chi connectivity index (χ2v) is 9.35. The Labute approximate surface area is 215 Å². The predicted octanol–water partition coefficient (Wildman–Crippen LogP) is 4.16. The third-order valence-electron chi connectivity index (χ3n) is 5.29. The number of hydrogen-bond acceptors (Lipinski definition) is 8. The number of carbonyl (C=O) groups is 2. The minimum atomic E-state index is -1.27. The molecule has 1 heterocycles. The second-order valence-electron chi connectivity index (χ2n) is 9.35. The second kappa shape index (κ2) is 12.3. The lowest BCUT2D eigenvalue weighted by atomic mass is 9.97. The molecule has 3 rings (SSSR count). The van der Waals surface area contributed by atoms with E-state index in [1.54, 1.807) is 51.1 Å². The molecule has 0 saturated heterocycles. The topological polar surface area (TPSA) is 143 Å². The van der Waals surface area contributed by atoms with Crippen LogP contribution in [0.2, 0.25) is 0 Å². The van der Waals surface area contributed by atoms with Gasteiger partial charge in [0.15, 0.2) is 0 Å². The lowest BCUT2D eigenvalue weighted by Gasteiger charge is -2.24. The number of aliphatic hydroxyl groups is 2. The molecule has 2 aromatic carbocycles. The molecule has 0 saturated carbocycles. The van der Waals surface area contributed by atoms with Gasteiger partial charge in [0.05, 0.1) is 25.5 Å². The number of benzene rings is 2. The highest BCUT2D eigenvalue weighted by Gasteiger charge is 2.25. The average Bonchev–Trinajstić information content (AvgIpc) is 2.87. The predicted molar refractivity (Wildman–Crippen MR) is 138 cm³/mol. The van der Waals surface area contributed by atoms with Crippen molar-refractivity contribution in [1.29, 1.82) is 0 Å². The molecule has 0 aliphatic carbocycles. The molecule has 10 nitrogen and oxygen atoms in total. The summed E-state index contributed by atoms with van der Waals surface area (Å²) >= 11 is 0. The lowest BCUT2D eigenvalue weighted by Crippen LogP contribution is -2.36. The number of nitrogens with zero attached hydrogens (tertiary/aromatic N) is 2. The number of aliphatic hydroxyl groups excluding tert-OH is 2. The van der Waals surface area contributed by atoms with Crippen molar-refractivity contribution >= 4 is 17.9 Å². The summed E-state index contributed by atoms with van der Waals surface area (Å²) in [5.41, 5.74) is 2.57. The van der Waals surface area contributed by atoms with Gasteiger partial charge >= 0.3 is 12.2 Å². The first kappa shape index (κ1) is 27.6. The molecular formula is C27H32N4O6. The van der Waals surface area contributed by atoms with Crippen molar-refractivity contribution in [3.05, 3.63) is 77.6 Å². The van der Waals surface area contributed by atoms with Gasteiger partial charge in [0.1, 0.15) is 17.4 Å². The smallest absolute Gasteiger partial charge is 0.411 e. The first-order chi connectivity index (χ1) is 17.6. The summed E-state index contributed by atoms with van der Waals surface area (Å²) in [6.07, 6.45) is -2.06. The van der Waals surface area contributed by atoms with Crippen LogP contribution in [0.4, 0.5) is 15.3 Å². The van der Waals surface area contributed by atoms with E-state index in [1.807, 2.05) is 30.3 Å². The standard InChI is InChI=1S/C27H32N4O6/c1-27(2,3)37-26(35)29-21(14-17-8-6-5-7-9-17)22-15-20(24(31-30-22)23(33)16-32)18-10-12-19(13-11-18)28-25(34)36-4/h5-13,15,21,23,32-33H,14,16H2,1-4H3,(H,28,34)(H,29,35)/t21-,23?/m0/s1. The van der Waals surface area contributed by atoms with Gasteiger partial charge in [-0.1, -0.05) is 42.5 Å². The van der Waals surface area contributed by atoms with Crippen LogP contribution in [0.25, 0.3) is 11.1 Å². The molecular weight excluding hydrogens is 476 g/mol. The van der Waals surface area contributed by atoms with Crippen LogP contribution in [0.3, 0.4) is 0 Å². The average molecular weight is 509 g/mol. The van der Waals surface area contributed by atoms with E-state index < -0.39 is 36.5 Å². The van der Waals surface area contributed by atoms with E-state index in [1.165, 1.54) is 7.11 Å². The zero-order chi connectivity index (χ0) is 27.0. The number of amides is 2. The largest absolute Gasteiger partial charge is 0.453 e. The van der Waals surface area contributed by atoms with Crippen LogP contribution in [0, 0.1) is 0 Å². The number of nitrogens with one attached hydrogen (secondary N) is 2. The monoisotopic (exact) mass is 508 g/mol. The van der Waals surface area contributed by atoms with Crippen LogP contribution in [0.1, 0.15) is 49.9 Å². The Hall–Kier alpha value is -4.02. The van der Waals surface area contributed by atoms with Crippen molar-refractivity contribution in [3.63, 3.8) is 0 Å². The van der Waals surface area contributed by atoms with E-state index in [4.69, 9.17) is 4.74 Å². The summed E-state index contributed by atoms with van der Waals surface area (Å²) in [4.78, 5) is 24.2. The zero-order valence-corrected chi connectivity index (χ0v) is 21.3. The molecule has 10 heteroatoms. The number of ether oxygens (including phenoxy) is 2. The normalized spacial score (nSPS) is 12.8. The molecule has 0 bridgehead atoms. The Balaban J connectivity index is 2.01. The Morgan fingerprint density at radius 3 is 2.27 bits per heavy atom. The van der Waals surface area contributed by atoms with Gasteiger partial charge in [0, 0.05) is 11.3 Å². The maximum Gasteiger partial charge on any atom is 0.411 e. The van der Waals surface area contributed by atoms with E-state index in [9.17, 15) is 19.8 Å². The fourth-order valence-electron chi connectivity index (χ4n) is 3.58. The van der Waals surface area contributed by atoms with Gasteiger partial charge < -0.3 is 25.0 Å². The van der Waals surface area contributed by atoms with Crippen molar-refractivity contribution in [1.82, 2.24) is 15.5 Å². The van der Waals surface area contributed by atoms with Gasteiger partial charge in [0.25, 0.3) is 0 Å². The molecule has 4 N–H and O–H groups in total. The van der Waals surface area contributed by atoms with Crippen LogP contribution < -0.4 is 10.6 Å². The van der Waals surface area contributed by atoms with E-state index in [2.05, 4.69) is 25.6 Å². The summed E-state index contributed by atoms with van der Waals surface area (Å²) < 4.78 is 10.1. The minimum Gasteiger partial charge on any atom is -0.453 e. The third kappa shape index (κ3) is 7.99. The van der Waals surface area contributed by atoms with Crippen LogP contribution in [0.15, 0.2) is 60.7 Å². The molecule has 1 unspecified atom stereocenters. The number of aromatic nitrogens is 2. The number of hydrogen-bond donors (Lipinski definition) is 4. The van der Waals surface area contributed by atoms with Gasteiger partial charge in [0.2, 0.25) is 0 Å². The Bertz CT molecular complexity index is 1200. The Morgan fingerprint density at radius 1 is 1.00 bits per heavy atom. The van der Waals surface area contributed by atoms with Crippen molar-refractivity contribution in [2.45, 2.75) is 44.9 Å². The first-order valence-electron chi connectivity index (χ1n) is 11.7. The minimum absolute atomic E-state index is 0.177. The molecule has 1 aromatic heterocycles. The molecule has 37 heavy (non-hydrogen) atoms. The van der Waals surface area contributed by atoms with Gasteiger partial charge in [-0.15, -0.1) is 0 Å². The third-order valence-corrected chi connectivity index (χ3v) is 5.29. The maximum absolute atomic E-state index is 12.7. The summed E-state index contributed by atoms with van der Waals surface area (Å²) in [7, 11) is 1.27. The summed E-state index contributed by atoms with van der Waals surface area (Å²) in [6.45, 7) is 4.79. The number of methoxy groups -OCH3 is 1. The van der Waals surface area contributed by atoms with E-state index in [0.717, 1.165) is 5.56 Å². The lowest BCUT2D eigenvalue weighted by molar-refractivity contribution is 0.0501. The van der Waals surface area contributed by atoms with E-state index in [-0.39, 0.29) is 5.69 Å². The summed E-state index contributed by atoms with van der Waals surface area (Å²) in [5.74, 6) is 0. The molecule has 0 spiro atoms. The number of alkyl carbamates (subject to hydrolysis) is 1. The quantitative estimate of drug-likeness (QED) is 0.355. The molecule has 2 amide bonds. The van der Waals surface area contributed by atoms with Gasteiger partial charge in [-0.05, 0) is 56.5 Å². The molecule has 0 fully saturated rings. The van der Waals surface area contributed by atoms with Crippen LogP contribution in [-0.2, 0) is 15.9 Å². The number of carbonyl (C=O) groups excluding carboxylic acids is 2. The van der Waals surface area contributed by atoms with E-state index >= 15 is 0 Å². The molecule has 3 aromatic rings. The highest BCUT2D eigenvalue weighted by Crippen LogP contribution is 2.30. The van der Waals surface area contributed by atoms with Crippen molar-refractivity contribution < 1.29 is 29.3 Å². The van der Waals surface area contributed by atoms with E-state index in [0.29, 0.717) is 28.9 Å². The van der Waals surface area contributed by atoms with Gasteiger partial charge in [-0.3, -0.25) is 5.32 Å². The van der Waals surface area contributed by atoms with Crippen LogP contribution in [0.5, 0.6) is 0 Å². The molecule has 0 radical (unpaired) electrons. The van der Waals surface area contributed by atoms with Crippen molar-refractivity contribution in [3.8, 4) is 11.1 Å². The SMILES string of the molecule is COC(=O)Nc1ccc(-c2cc([C@H](Cc3ccccc3)NC(=O)OC(C)(C)C)nnc2C(O)CO)cc1. The Kier molecular flexibility index (Phi) is 9.15.